The molecule has 1 aliphatic carbocycles. The lowest BCUT2D eigenvalue weighted by Gasteiger charge is -2.23. The van der Waals surface area contributed by atoms with Crippen molar-refractivity contribution in [3.05, 3.63) is 18.6 Å². The Morgan fingerprint density at radius 2 is 2.40 bits per heavy atom. The van der Waals surface area contributed by atoms with E-state index in [1.807, 2.05) is 0 Å². The first-order valence-electron chi connectivity index (χ1n) is 4.11. The molecule has 0 amide bonds. The second-order valence-corrected chi connectivity index (χ2v) is 3.44. The lowest BCUT2D eigenvalue weighted by Crippen LogP contribution is -2.11. The highest BCUT2D eigenvalue weighted by atomic mass is 14.2. The predicted molar refractivity (Wildman–Crippen MR) is 44.6 cm³/mol. The first kappa shape index (κ1) is 7.84. The Balaban J connectivity index is 2.42. The van der Waals surface area contributed by atoms with E-state index < -0.39 is 0 Å². The van der Waals surface area contributed by atoms with Crippen molar-refractivity contribution in [3.63, 3.8) is 0 Å². The van der Waals surface area contributed by atoms with Crippen LogP contribution in [-0.2, 0) is 0 Å². The quantitative estimate of drug-likeness (QED) is 0.486. The van der Waals surface area contributed by atoms with Crippen LogP contribution in [0.25, 0.3) is 0 Å². The van der Waals surface area contributed by atoms with E-state index in [1.54, 1.807) is 0 Å². The normalized spacial score (nSPS) is 26.8. The molecule has 0 heterocycles. The maximum absolute atomic E-state index is 5.78. The minimum absolute atomic E-state index is 0.379. The molecule has 1 rings (SSSR count). The molecule has 2 radical (unpaired) electrons. The Bertz CT molecular complexity index is 131. The fourth-order valence-electron chi connectivity index (χ4n) is 1.46. The van der Waals surface area contributed by atoms with Gasteiger partial charge >= 0.3 is 0 Å². The largest absolute Gasteiger partial charge is 0.0853 e. The minimum Gasteiger partial charge on any atom is -0.0853 e. The number of hydrogen-bond acceptors (Lipinski definition) is 0. The van der Waals surface area contributed by atoms with Crippen molar-refractivity contribution in [2.24, 2.45) is 11.8 Å². The lowest BCUT2D eigenvalue weighted by molar-refractivity contribution is 0.378. The third kappa shape index (κ3) is 1.86. The van der Waals surface area contributed by atoms with Crippen LogP contribution in [0.1, 0.15) is 33.1 Å². The van der Waals surface area contributed by atoms with Gasteiger partial charge in [-0.1, -0.05) is 18.6 Å². The van der Waals surface area contributed by atoms with Gasteiger partial charge in [-0.15, -0.1) is 0 Å². The molecule has 0 fully saturated rings. The Kier molecular flexibility index (Phi) is 2.53. The summed E-state index contributed by atoms with van der Waals surface area (Å²) in [6, 6.07) is 0. The highest BCUT2D eigenvalue weighted by molar-refractivity contribution is 5.03. The summed E-state index contributed by atoms with van der Waals surface area (Å²) in [6.07, 6.45) is 6.08. The highest BCUT2D eigenvalue weighted by Crippen LogP contribution is 2.28. The van der Waals surface area contributed by atoms with Crippen LogP contribution >= 0.6 is 0 Å². The third-order valence-electron chi connectivity index (χ3n) is 2.42. The van der Waals surface area contributed by atoms with Gasteiger partial charge in [0.25, 0.3) is 0 Å². The standard InChI is InChI=1S/C10H16/c1-8(2)10-6-4-9(3)5-7-10/h1,4,8,10H,5-7H2,2-3H3. The van der Waals surface area contributed by atoms with Crippen LogP contribution in [0, 0.1) is 18.8 Å². The molecule has 2 unspecified atom stereocenters. The van der Waals surface area contributed by atoms with Crippen LogP contribution < -0.4 is 0 Å². The van der Waals surface area contributed by atoms with Gasteiger partial charge < -0.3 is 0 Å². The smallest absolute Gasteiger partial charge is 0.0317 e. The summed E-state index contributed by atoms with van der Waals surface area (Å²) in [5.41, 5.74) is 1.54. The molecule has 1 aliphatic rings. The average molecular weight is 136 g/mol. The third-order valence-corrected chi connectivity index (χ3v) is 2.42. The molecule has 0 saturated carbocycles. The number of allylic oxidation sites excluding steroid dienone is 2. The van der Waals surface area contributed by atoms with E-state index in [1.165, 1.54) is 24.8 Å². The SMILES string of the molecule is [CH]C(C)C1CC=C(C)CC1. The molecule has 0 aliphatic heterocycles. The van der Waals surface area contributed by atoms with E-state index in [4.69, 9.17) is 6.92 Å². The molecule has 0 saturated heterocycles. The van der Waals surface area contributed by atoms with Crippen molar-refractivity contribution < 1.29 is 0 Å². The molecule has 2 atom stereocenters. The van der Waals surface area contributed by atoms with Gasteiger partial charge in [-0.3, -0.25) is 0 Å². The summed E-state index contributed by atoms with van der Waals surface area (Å²) in [5, 5.41) is 0. The molecule has 10 heavy (non-hydrogen) atoms. The van der Waals surface area contributed by atoms with Gasteiger partial charge in [0.15, 0.2) is 0 Å². The lowest BCUT2D eigenvalue weighted by atomic mass is 9.83. The summed E-state index contributed by atoms with van der Waals surface area (Å²) < 4.78 is 0. The molecule has 0 spiro atoms. The van der Waals surface area contributed by atoms with E-state index in [0.29, 0.717) is 5.92 Å². The van der Waals surface area contributed by atoms with Crippen molar-refractivity contribution >= 4 is 0 Å². The fourth-order valence-corrected chi connectivity index (χ4v) is 1.46. The van der Waals surface area contributed by atoms with Crippen LogP contribution in [0.3, 0.4) is 0 Å². The zero-order chi connectivity index (χ0) is 7.56. The van der Waals surface area contributed by atoms with Gasteiger partial charge in [-0.2, -0.15) is 0 Å². The maximum Gasteiger partial charge on any atom is -0.0317 e. The molecule has 0 bridgehead atoms. The van der Waals surface area contributed by atoms with Crippen LogP contribution in [0.5, 0.6) is 0 Å². The minimum atomic E-state index is 0.379. The van der Waals surface area contributed by atoms with Crippen LogP contribution in [-0.4, -0.2) is 0 Å². The van der Waals surface area contributed by atoms with E-state index in [0.717, 1.165) is 5.92 Å². The summed E-state index contributed by atoms with van der Waals surface area (Å²) in [7, 11) is 0. The van der Waals surface area contributed by atoms with E-state index >= 15 is 0 Å². The zero-order valence-corrected chi connectivity index (χ0v) is 6.93. The van der Waals surface area contributed by atoms with Gasteiger partial charge in [0.05, 0.1) is 0 Å². The van der Waals surface area contributed by atoms with Crippen molar-refractivity contribution in [3.8, 4) is 0 Å². The first-order chi connectivity index (χ1) is 4.70. The molecule has 0 aromatic carbocycles. The summed E-state index contributed by atoms with van der Waals surface area (Å²) in [4.78, 5) is 0. The molecule has 0 aromatic heterocycles. The Morgan fingerprint density at radius 1 is 1.70 bits per heavy atom. The molecule has 0 heteroatoms. The van der Waals surface area contributed by atoms with Crippen LogP contribution in [0.4, 0.5) is 0 Å². The summed E-state index contributed by atoms with van der Waals surface area (Å²) in [6.45, 7) is 10.1. The van der Waals surface area contributed by atoms with Crippen molar-refractivity contribution in [2.45, 2.75) is 33.1 Å². The van der Waals surface area contributed by atoms with Gasteiger partial charge in [0.1, 0.15) is 0 Å². The highest BCUT2D eigenvalue weighted by Gasteiger charge is 2.15. The van der Waals surface area contributed by atoms with Crippen LogP contribution in [0.15, 0.2) is 11.6 Å². The predicted octanol–water partition coefficient (Wildman–Crippen LogP) is 3.08. The number of rotatable bonds is 1. The second kappa shape index (κ2) is 3.23. The monoisotopic (exact) mass is 136 g/mol. The fraction of sp³-hybridized carbons (Fsp3) is 0.700. The van der Waals surface area contributed by atoms with E-state index in [2.05, 4.69) is 19.9 Å². The zero-order valence-electron chi connectivity index (χ0n) is 6.93. The maximum atomic E-state index is 5.78. The average Bonchev–Trinajstić information content (AvgIpc) is 1.88. The molecule has 0 nitrogen and oxygen atoms in total. The number of hydrogen-bond donors (Lipinski definition) is 0. The molecule has 0 aromatic rings. The Labute approximate surface area is 64.3 Å². The Hall–Kier alpha value is -0.260. The molecular weight excluding hydrogens is 120 g/mol. The van der Waals surface area contributed by atoms with E-state index in [-0.39, 0.29) is 0 Å². The van der Waals surface area contributed by atoms with Gasteiger partial charge in [-0.25, -0.2) is 0 Å². The van der Waals surface area contributed by atoms with Crippen molar-refractivity contribution in [1.82, 2.24) is 0 Å². The summed E-state index contributed by atoms with van der Waals surface area (Å²) in [5.74, 6) is 1.12. The molecule has 56 valence electrons. The van der Waals surface area contributed by atoms with Gasteiger partial charge in [0.2, 0.25) is 0 Å². The first-order valence-corrected chi connectivity index (χ1v) is 4.11. The van der Waals surface area contributed by atoms with E-state index in [9.17, 15) is 0 Å². The van der Waals surface area contributed by atoms with Gasteiger partial charge in [0, 0.05) is 0 Å². The van der Waals surface area contributed by atoms with Gasteiger partial charge in [-0.05, 0) is 44.9 Å². The molecular formula is C10H16. The van der Waals surface area contributed by atoms with Crippen LogP contribution in [0.2, 0.25) is 0 Å². The Morgan fingerprint density at radius 3 is 2.80 bits per heavy atom. The topological polar surface area (TPSA) is 0 Å². The second-order valence-electron chi connectivity index (χ2n) is 3.44. The van der Waals surface area contributed by atoms with Crippen molar-refractivity contribution in [2.75, 3.05) is 0 Å². The van der Waals surface area contributed by atoms with Crippen molar-refractivity contribution in [1.29, 1.82) is 0 Å². The summed E-state index contributed by atoms with van der Waals surface area (Å²) >= 11 is 0. The molecule has 0 N–H and O–H groups in total.